The number of allylic oxidation sites excluding steroid dienone is 2. The predicted octanol–water partition coefficient (Wildman–Crippen LogP) is 10.5. The molecule has 0 spiro atoms. The maximum Gasteiger partial charge on any atom is 0.132 e. The minimum Gasteiger partial charge on any atom is -0.484 e. The Morgan fingerprint density at radius 2 is 1.21 bits per heavy atom. The second-order valence-corrected chi connectivity index (χ2v) is 10.9. The van der Waals surface area contributed by atoms with Crippen LogP contribution in [0.4, 0.5) is 17.1 Å². The van der Waals surface area contributed by atoms with Gasteiger partial charge in [0, 0.05) is 33.8 Å². The number of benzene rings is 6. The first-order chi connectivity index (χ1) is 20.8. The highest BCUT2D eigenvalue weighted by Crippen LogP contribution is 2.48. The van der Waals surface area contributed by atoms with Crippen molar-refractivity contribution in [2.75, 3.05) is 4.90 Å². The molecule has 42 heavy (non-hydrogen) atoms. The number of rotatable bonds is 5. The lowest BCUT2D eigenvalue weighted by Gasteiger charge is -2.29. The van der Waals surface area contributed by atoms with Crippen molar-refractivity contribution in [3.05, 3.63) is 175 Å². The number of ether oxygens (including phenoxy) is 1. The average Bonchev–Trinajstić information content (AvgIpc) is 3.45. The first kappa shape index (κ1) is 24.5. The largest absolute Gasteiger partial charge is 0.484 e. The fourth-order valence-corrected chi connectivity index (χ4v) is 6.36. The summed E-state index contributed by atoms with van der Waals surface area (Å²) in [7, 11) is 0. The van der Waals surface area contributed by atoms with Crippen molar-refractivity contribution in [3.63, 3.8) is 0 Å². The molecule has 2 aliphatic rings. The normalized spacial score (nSPS) is 16.8. The summed E-state index contributed by atoms with van der Waals surface area (Å²) in [6, 6.07) is 51.7. The van der Waals surface area contributed by atoms with Crippen LogP contribution in [0, 0.1) is 0 Å². The molecule has 0 amide bonds. The van der Waals surface area contributed by atoms with E-state index in [0.717, 1.165) is 22.8 Å². The molecule has 200 valence electrons. The molecule has 1 heterocycles. The van der Waals surface area contributed by atoms with Gasteiger partial charge in [-0.2, -0.15) is 0 Å². The van der Waals surface area contributed by atoms with Gasteiger partial charge in [0.2, 0.25) is 0 Å². The van der Waals surface area contributed by atoms with Crippen LogP contribution in [0.2, 0.25) is 0 Å². The standard InChI is InChI=1S/C40H29NO/c1-3-11-28(12-4-1)29-19-23-33(24-20-29)41(32-14-5-2-6-15-32)38-18-10-9-16-34(38)31-22-26-39-37(27-31)36-25-21-30-13-7-8-17-35(30)40(36)42-39/h1-27,37,39H. The predicted molar refractivity (Wildman–Crippen MR) is 175 cm³/mol. The van der Waals surface area contributed by atoms with E-state index in [9.17, 15) is 0 Å². The molecular weight excluding hydrogens is 510 g/mol. The van der Waals surface area contributed by atoms with Crippen molar-refractivity contribution < 1.29 is 4.74 Å². The second-order valence-electron chi connectivity index (χ2n) is 10.9. The van der Waals surface area contributed by atoms with E-state index in [1.807, 2.05) is 0 Å². The maximum absolute atomic E-state index is 6.53. The fraction of sp³-hybridized carbons (Fsp3) is 0.0500. The zero-order valence-corrected chi connectivity index (χ0v) is 23.1. The Kier molecular flexibility index (Phi) is 5.97. The van der Waals surface area contributed by atoms with Gasteiger partial charge in [0.25, 0.3) is 0 Å². The van der Waals surface area contributed by atoms with E-state index in [4.69, 9.17) is 4.74 Å². The molecule has 2 heteroatoms. The van der Waals surface area contributed by atoms with Crippen LogP contribution in [-0.4, -0.2) is 6.10 Å². The summed E-state index contributed by atoms with van der Waals surface area (Å²) >= 11 is 0. The van der Waals surface area contributed by atoms with Crippen molar-refractivity contribution in [2.45, 2.75) is 12.0 Å². The van der Waals surface area contributed by atoms with Crippen LogP contribution in [0.3, 0.4) is 0 Å². The first-order valence-corrected chi connectivity index (χ1v) is 14.5. The van der Waals surface area contributed by atoms with E-state index in [2.05, 4.69) is 169 Å². The van der Waals surface area contributed by atoms with Gasteiger partial charge in [-0.15, -0.1) is 0 Å². The number of nitrogens with zero attached hydrogens (tertiary/aromatic N) is 1. The lowest BCUT2D eigenvalue weighted by Crippen LogP contribution is -2.18. The van der Waals surface area contributed by atoms with E-state index in [1.165, 1.54) is 38.6 Å². The molecule has 6 aromatic rings. The van der Waals surface area contributed by atoms with Crippen molar-refractivity contribution in [2.24, 2.45) is 0 Å². The molecular formula is C40H29NO. The van der Waals surface area contributed by atoms with Crippen molar-refractivity contribution in [1.82, 2.24) is 0 Å². The summed E-state index contributed by atoms with van der Waals surface area (Å²) < 4.78 is 6.53. The molecule has 2 nitrogen and oxygen atoms in total. The van der Waals surface area contributed by atoms with Gasteiger partial charge in [-0.05, 0) is 58.5 Å². The Morgan fingerprint density at radius 1 is 0.548 bits per heavy atom. The third kappa shape index (κ3) is 4.20. The van der Waals surface area contributed by atoms with Crippen LogP contribution in [0.1, 0.15) is 17.0 Å². The van der Waals surface area contributed by atoms with Crippen LogP contribution in [-0.2, 0) is 0 Å². The molecule has 0 bridgehead atoms. The van der Waals surface area contributed by atoms with Gasteiger partial charge in [-0.1, -0.05) is 127 Å². The molecule has 0 saturated heterocycles. The van der Waals surface area contributed by atoms with Crippen LogP contribution in [0.15, 0.2) is 164 Å². The molecule has 0 saturated carbocycles. The minimum absolute atomic E-state index is 0.0116. The smallest absolute Gasteiger partial charge is 0.132 e. The van der Waals surface area contributed by atoms with Gasteiger partial charge in [0.15, 0.2) is 0 Å². The number of anilines is 3. The van der Waals surface area contributed by atoms with Gasteiger partial charge >= 0.3 is 0 Å². The Balaban J connectivity index is 1.22. The Morgan fingerprint density at radius 3 is 2.05 bits per heavy atom. The molecule has 6 aromatic carbocycles. The summed E-state index contributed by atoms with van der Waals surface area (Å²) in [4.78, 5) is 2.36. The third-order valence-electron chi connectivity index (χ3n) is 8.40. The van der Waals surface area contributed by atoms with Crippen molar-refractivity contribution >= 4 is 33.4 Å². The number of fused-ring (bicyclic) bond motifs is 5. The molecule has 0 N–H and O–H groups in total. The molecule has 2 atom stereocenters. The quantitative estimate of drug-likeness (QED) is 0.216. The van der Waals surface area contributed by atoms with Crippen LogP contribution in [0.25, 0.3) is 27.5 Å². The minimum atomic E-state index is 0.0116. The van der Waals surface area contributed by atoms with Crippen molar-refractivity contribution in [1.29, 1.82) is 0 Å². The Hall–Kier alpha value is -5.34. The van der Waals surface area contributed by atoms with Crippen LogP contribution < -0.4 is 9.64 Å². The molecule has 2 unspecified atom stereocenters. The summed E-state index contributed by atoms with van der Waals surface area (Å²) in [5, 5.41) is 2.40. The Labute approximate surface area is 246 Å². The Bertz CT molecular complexity index is 1960. The molecule has 0 aromatic heterocycles. The highest BCUT2D eigenvalue weighted by molar-refractivity contribution is 5.93. The third-order valence-corrected chi connectivity index (χ3v) is 8.40. The van der Waals surface area contributed by atoms with E-state index < -0.39 is 0 Å². The molecule has 1 aliphatic carbocycles. The number of hydrogen-bond acceptors (Lipinski definition) is 2. The zero-order chi connectivity index (χ0) is 27.9. The SMILES string of the molecule is C1=CC2Oc3c(ccc4ccccc34)C2C=C1c1ccccc1N(c1ccccc1)c1ccc(-c2ccccc2)cc1. The number of para-hydroxylation sites is 2. The van der Waals surface area contributed by atoms with Crippen molar-refractivity contribution in [3.8, 4) is 16.9 Å². The number of hydrogen-bond donors (Lipinski definition) is 0. The topological polar surface area (TPSA) is 12.5 Å². The summed E-state index contributed by atoms with van der Waals surface area (Å²) in [5.74, 6) is 1.19. The maximum atomic E-state index is 6.53. The fourth-order valence-electron chi connectivity index (χ4n) is 6.36. The summed E-state index contributed by atoms with van der Waals surface area (Å²) in [6.45, 7) is 0. The highest BCUT2D eigenvalue weighted by atomic mass is 16.5. The lowest BCUT2D eigenvalue weighted by atomic mass is 9.86. The van der Waals surface area contributed by atoms with Gasteiger partial charge in [-0.3, -0.25) is 0 Å². The second kappa shape index (κ2) is 10.2. The van der Waals surface area contributed by atoms with Crippen LogP contribution in [0.5, 0.6) is 5.75 Å². The molecule has 0 fully saturated rings. The van der Waals surface area contributed by atoms with Gasteiger partial charge in [-0.25, -0.2) is 0 Å². The van der Waals surface area contributed by atoms with Crippen LogP contribution >= 0.6 is 0 Å². The van der Waals surface area contributed by atoms with Gasteiger partial charge in [0.05, 0.1) is 5.69 Å². The molecule has 0 radical (unpaired) electrons. The van der Waals surface area contributed by atoms with E-state index in [-0.39, 0.29) is 12.0 Å². The van der Waals surface area contributed by atoms with Gasteiger partial charge in [0.1, 0.15) is 11.9 Å². The van der Waals surface area contributed by atoms with Gasteiger partial charge < -0.3 is 9.64 Å². The van der Waals surface area contributed by atoms with E-state index in [0.29, 0.717) is 0 Å². The van der Waals surface area contributed by atoms with E-state index in [1.54, 1.807) is 0 Å². The first-order valence-electron chi connectivity index (χ1n) is 14.5. The highest BCUT2D eigenvalue weighted by Gasteiger charge is 2.35. The monoisotopic (exact) mass is 539 g/mol. The molecule has 8 rings (SSSR count). The summed E-state index contributed by atoms with van der Waals surface area (Å²) in [6.07, 6.45) is 6.87. The average molecular weight is 540 g/mol. The molecule has 1 aliphatic heterocycles. The summed E-state index contributed by atoms with van der Waals surface area (Å²) in [5.41, 5.74) is 9.46. The zero-order valence-electron chi connectivity index (χ0n) is 23.1. The lowest BCUT2D eigenvalue weighted by molar-refractivity contribution is 0.272. The van der Waals surface area contributed by atoms with E-state index >= 15 is 0 Å².